The van der Waals surface area contributed by atoms with Crippen LogP contribution in [0.2, 0.25) is 0 Å². The number of hydrogen-bond donors (Lipinski definition) is 0. The average Bonchev–Trinajstić information content (AvgIpc) is 2.29. The van der Waals surface area contributed by atoms with Crippen molar-refractivity contribution in [2.24, 2.45) is 0 Å². The lowest BCUT2D eigenvalue weighted by molar-refractivity contribution is -0.0517. The minimum atomic E-state index is -0.00750. The summed E-state index contributed by atoms with van der Waals surface area (Å²) in [5, 5.41) is 0. The molecule has 1 heterocycles. The molecule has 1 saturated heterocycles. The number of ether oxygens (including phenoxy) is 1. The summed E-state index contributed by atoms with van der Waals surface area (Å²) >= 11 is 0. The maximum atomic E-state index is 5.84. The highest BCUT2D eigenvalue weighted by atomic mass is 16.5. The Kier molecular flexibility index (Phi) is 3.03. The molecule has 0 saturated carbocycles. The van der Waals surface area contributed by atoms with Gasteiger partial charge in [0, 0.05) is 5.54 Å². The molecule has 0 N–H and O–H groups in total. The molecular formula is C11H23NO. The highest BCUT2D eigenvalue weighted by Crippen LogP contribution is 2.28. The summed E-state index contributed by atoms with van der Waals surface area (Å²) in [7, 11) is 2.19. The molecule has 0 unspecified atom stereocenters. The Morgan fingerprint density at radius 3 is 2.38 bits per heavy atom. The van der Waals surface area contributed by atoms with Crippen LogP contribution in [0.4, 0.5) is 0 Å². The summed E-state index contributed by atoms with van der Waals surface area (Å²) in [4.78, 5) is 2.42. The van der Waals surface area contributed by atoms with Crippen molar-refractivity contribution in [2.45, 2.75) is 51.7 Å². The van der Waals surface area contributed by atoms with Crippen LogP contribution in [0.3, 0.4) is 0 Å². The zero-order chi connectivity index (χ0) is 10.1. The van der Waals surface area contributed by atoms with Gasteiger partial charge in [0.25, 0.3) is 0 Å². The summed E-state index contributed by atoms with van der Waals surface area (Å²) in [6.07, 6.45) is 2.57. The van der Waals surface area contributed by atoms with Gasteiger partial charge in [-0.25, -0.2) is 0 Å². The number of rotatable bonds is 2. The van der Waals surface area contributed by atoms with E-state index in [1.165, 1.54) is 19.4 Å². The van der Waals surface area contributed by atoms with Crippen molar-refractivity contribution in [3.8, 4) is 0 Å². The molecule has 0 aliphatic carbocycles. The second kappa shape index (κ2) is 3.58. The predicted molar refractivity (Wildman–Crippen MR) is 56.0 cm³/mol. The number of likely N-dealkylation sites (tertiary alicyclic amines) is 1. The van der Waals surface area contributed by atoms with Crippen molar-refractivity contribution in [3.05, 3.63) is 0 Å². The third kappa shape index (κ3) is 2.96. The Bertz CT molecular complexity index is 173. The fourth-order valence-electron chi connectivity index (χ4n) is 1.71. The van der Waals surface area contributed by atoms with Crippen LogP contribution in [-0.4, -0.2) is 36.2 Å². The average molecular weight is 185 g/mol. The first-order valence-electron chi connectivity index (χ1n) is 5.19. The van der Waals surface area contributed by atoms with Crippen LogP contribution in [0, 0.1) is 0 Å². The van der Waals surface area contributed by atoms with Gasteiger partial charge >= 0.3 is 0 Å². The first-order valence-corrected chi connectivity index (χ1v) is 5.19. The standard InChI is InChI=1S/C11H23NO/c1-10(2,3)13-9-11(4)7-6-8-12(11)5/h6-9H2,1-5H3/t11-/m0/s1. The SMILES string of the molecule is CN1CCC[C@@]1(C)COC(C)(C)C. The normalized spacial score (nSPS) is 31.2. The Morgan fingerprint density at radius 1 is 1.38 bits per heavy atom. The van der Waals surface area contributed by atoms with Crippen molar-refractivity contribution < 1.29 is 4.74 Å². The fourth-order valence-corrected chi connectivity index (χ4v) is 1.71. The molecule has 0 spiro atoms. The van der Waals surface area contributed by atoms with E-state index in [0.717, 1.165) is 6.61 Å². The highest BCUT2D eigenvalue weighted by molar-refractivity contribution is 4.90. The molecule has 78 valence electrons. The van der Waals surface area contributed by atoms with Crippen molar-refractivity contribution in [3.63, 3.8) is 0 Å². The minimum Gasteiger partial charge on any atom is -0.374 e. The van der Waals surface area contributed by atoms with E-state index in [1.807, 2.05) is 0 Å². The van der Waals surface area contributed by atoms with Crippen LogP contribution < -0.4 is 0 Å². The monoisotopic (exact) mass is 185 g/mol. The van der Waals surface area contributed by atoms with Gasteiger partial charge in [0.1, 0.15) is 0 Å². The molecule has 0 aromatic heterocycles. The zero-order valence-corrected chi connectivity index (χ0v) is 9.68. The molecule has 13 heavy (non-hydrogen) atoms. The topological polar surface area (TPSA) is 12.5 Å². The summed E-state index contributed by atoms with van der Waals surface area (Å²) in [5.41, 5.74) is 0.264. The van der Waals surface area contributed by atoms with Gasteiger partial charge in [-0.15, -0.1) is 0 Å². The third-order valence-electron chi connectivity index (χ3n) is 2.95. The Morgan fingerprint density at radius 2 is 2.00 bits per heavy atom. The van der Waals surface area contributed by atoms with Gasteiger partial charge in [0.15, 0.2) is 0 Å². The fraction of sp³-hybridized carbons (Fsp3) is 1.00. The van der Waals surface area contributed by atoms with E-state index in [1.54, 1.807) is 0 Å². The van der Waals surface area contributed by atoms with Crippen molar-refractivity contribution >= 4 is 0 Å². The largest absolute Gasteiger partial charge is 0.374 e. The molecule has 2 nitrogen and oxygen atoms in total. The Hall–Kier alpha value is -0.0800. The molecule has 1 rings (SSSR count). The molecule has 0 aromatic carbocycles. The van der Waals surface area contributed by atoms with E-state index in [4.69, 9.17) is 4.74 Å². The molecule has 1 fully saturated rings. The van der Waals surface area contributed by atoms with Crippen molar-refractivity contribution in [2.75, 3.05) is 20.2 Å². The van der Waals surface area contributed by atoms with Crippen LogP contribution in [0.1, 0.15) is 40.5 Å². The van der Waals surface area contributed by atoms with Gasteiger partial charge in [0.2, 0.25) is 0 Å². The van der Waals surface area contributed by atoms with Crippen molar-refractivity contribution in [1.29, 1.82) is 0 Å². The number of nitrogens with zero attached hydrogens (tertiary/aromatic N) is 1. The molecule has 1 aliphatic heterocycles. The first-order chi connectivity index (χ1) is 5.83. The highest BCUT2D eigenvalue weighted by Gasteiger charge is 2.35. The van der Waals surface area contributed by atoms with Crippen LogP contribution in [0.5, 0.6) is 0 Å². The van der Waals surface area contributed by atoms with E-state index >= 15 is 0 Å². The van der Waals surface area contributed by atoms with E-state index in [9.17, 15) is 0 Å². The summed E-state index contributed by atoms with van der Waals surface area (Å²) in [5.74, 6) is 0. The van der Waals surface area contributed by atoms with Gasteiger partial charge in [0.05, 0.1) is 12.2 Å². The molecule has 0 amide bonds. The maximum Gasteiger partial charge on any atom is 0.0654 e. The quantitative estimate of drug-likeness (QED) is 0.654. The van der Waals surface area contributed by atoms with Crippen LogP contribution in [0.25, 0.3) is 0 Å². The molecule has 0 bridgehead atoms. The number of likely N-dealkylation sites (N-methyl/N-ethyl adjacent to an activating group) is 1. The zero-order valence-electron chi connectivity index (χ0n) is 9.68. The van der Waals surface area contributed by atoms with E-state index in [0.29, 0.717) is 0 Å². The van der Waals surface area contributed by atoms with E-state index in [2.05, 4.69) is 39.6 Å². The van der Waals surface area contributed by atoms with E-state index < -0.39 is 0 Å². The van der Waals surface area contributed by atoms with Gasteiger partial charge in [-0.1, -0.05) is 0 Å². The van der Waals surface area contributed by atoms with Gasteiger partial charge in [-0.3, -0.25) is 4.90 Å². The minimum absolute atomic E-state index is 0.00750. The summed E-state index contributed by atoms with van der Waals surface area (Å²) in [6, 6.07) is 0. The third-order valence-corrected chi connectivity index (χ3v) is 2.95. The summed E-state index contributed by atoms with van der Waals surface area (Å²) in [6.45, 7) is 10.7. The first kappa shape index (κ1) is 11.0. The van der Waals surface area contributed by atoms with Crippen LogP contribution in [-0.2, 0) is 4.74 Å². The molecule has 2 heteroatoms. The molecular weight excluding hydrogens is 162 g/mol. The predicted octanol–water partition coefficient (Wildman–Crippen LogP) is 2.29. The second-order valence-electron chi connectivity index (χ2n) is 5.42. The maximum absolute atomic E-state index is 5.84. The van der Waals surface area contributed by atoms with Gasteiger partial charge in [-0.2, -0.15) is 0 Å². The van der Waals surface area contributed by atoms with Crippen LogP contribution >= 0.6 is 0 Å². The molecule has 0 radical (unpaired) electrons. The Labute approximate surface area is 82.3 Å². The van der Waals surface area contributed by atoms with Gasteiger partial charge in [-0.05, 0) is 54.1 Å². The van der Waals surface area contributed by atoms with Crippen molar-refractivity contribution in [1.82, 2.24) is 4.90 Å². The lowest BCUT2D eigenvalue weighted by Crippen LogP contribution is -2.44. The lowest BCUT2D eigenvalue weighted by Gasteiger charge is -2.34. The van der Waals surface area contributed by atoms with Gasteiger partial charge < -0.3 is 4.74 Å². The molecule has 0 aromatic rings. The Balaban J connectivity index is 2.43. The molecule has 1 atom stereocenters. The smallest absolute Gasteiger partial charge is 0.0654 e. The number of hydrogen-bond acceptors (Lipinski definition) is 2. The van der Waals surface area contributed by atoms with E-state index in [-0.39, 0.29) is 11.1 Å². The molecule has 1 aliphatic rings. The second-order valence-corrected chi connectivity index (χ2v) is 5.42. The van der Waals surface area contributed by atoms with Crippen LogP contribution in [0.15, 0.2) is 0 Å². The summed E-state index contributed by atoms with van der Waals surface area (Å²) < 4.78 is 5.84. The lowest BCUT2D eigenvalue weighted by atomic mass is 10.0.